The summed E-state index contributed by atoms with van der Waals surface area (Å²) < 4.78 is 0.645. The van der Waals surface area contributed by atoms with Gasteiger partial charge in [0.2, 0.25) is 0 Å². The maximum Gasteiger partial charge on any atom is 0.304 e. The van der Waals surface area contributed by atoms with Crippen LogP contribution in [0.4, 0.5) is 0 Å². The van der Waals surface area contributed by atoms with Crippen LogP contribution in [0.1, 0.15) is 6.42 Å². The number of thioether (sulfide) groups is 4. The Morgan fingerprint density at radius 3 is 1.31 bits per heavy atom. The molecule has 0 bridgehead atoms. The number of carbonyl (C=O) groups is 1. The molecule has 0 aliphatic rings. The molecule has 0 fully saturated rings. The van der Waals surface area contributed by atoms with Crippen LogP contribution in [0.3, 0.4) is 0 Å². The minimum atomic E-state index is -0.787. The number of hydrogen-bond acceptors (Lipinski definition) is 11. The first-order chi connectivity index (χ1) is 12.5. The number of hydrogen-bond donors (Lipinski definition) is 7. The average molecular weight is 521 g/mol. The molecule has 12 heteroatoms. The average Bonchev–Trinajstić information content (AvgIpc) is 2.62. The molecule has 0 aliphatic carbocycles. The predicted octanol–water partition coefficient (Wildman–Crippen LogP) is 3.35. The molecule has 3 N–H and O–H groups in total. The van der Waals surface area contributed by atoms with E-state index in [1.54, 1.807) is 11.8 Å². The largest absolute Gasteiger partial charge is 0.481 e. The monoisotopic (exact) mass is 520 g/mol. The number of aliphatic hydroxyl groups is 2. The molecule has 0 saturated heterocycles. The zero-order chi connectivity index (χ0) is 20.5. The van der Waals surface area contributed by atoms with Crippen LogP contribution >= 0.6 is 97.6 Å². The van der Waals surface area contributed by atoms with Gasteiger partial charge in [-0.2, -0.15) is 62.3 Å². The molecule has 160 valence electrons. The quantitative estimate of drug-likeness (QED) is 0.101. The van der Waals surface area contributed by atoms with Crippen molar-refractivity contribution < 1.29 is 20.1 Å². The number of aliphatic hydroxyl groups excluding tert-OH is 2. The molecule has 0 aliphatic heterocycles. The van der Waals surface area contributed by atoms with Crippen LogP contribution in [-0.4, -0.2) is 90.2 Å². The van der Waals surface area contributed by atoms with Crippen LogP contribution in [0.25, 0.3) is 0 Å². The Bertz CT molecular complexity index is 242. The van der Waals surface area contributed by atoms with E-state index >= 15 is 0 Å². The second-order valence-electron chi connectivity index (χ2n) is 4.00. The van der Waals surface area contributed by atoms with Crippen molar-refractivity contribution in [2.45, 2.75) is 10.3 Å². The van der Waals surface area contributed by atoms with E-state index in [1.165, 1.54) is 0 Å². The molecule has 0 unspecified atom stereocenters. The summed E-state index contributed by atoms with van der Waals surface area (Å²) in [5, 5.41) is 24.2. The number of aliphatic carboxylic acids is 1. The van der Waals surface area contributed by atoms with Crippen molar-refractivity contribution in [2.24, 2.45) is 0 Å². The highest BCUT2D eigenvalue weighted by atomic mass is 32.3. The third kappa shape index (κ3) is 37.0. The maximum atomic E-state index is 9.55. The lowest BCUT2D eigenvalue weighted by Crippen LogP contribution is -1.98. The lowest BCUT2D eigenvalue weighted by atomic mass is 10.5. The minimum absolute atomic E-state index is 0.156. The molecular formula is C14H32O4S8. The zero-order valence-corrected chi connectivity index (χ0v) is 21.6. The molecule has 0 saturated carbocycles. The van der Waals surface area contributed by atoms with E-state index in [-0.39, 0.29) is 19.6 Å². The molecule has 0 aromatic rings. The van der Waals surface area contributed by atoms with Gasteiger partial charge in [0, 0.05) is 34.5 Å². The Balaban J connectivity index is -0.000000342. The molecule has 0 heterocycles. The van der Waals surface area contributed by atoms with Crippen molar-refractivity contribution in [3.05, 3.63) is 0 Å². The lowest BCUT2D eigenvalue weighted by molar-refractivity contribution is -0.136. The number of carboxylic acid groups (broad SMARTS) is 1. The first-order valence-electron chi connectivity index (χ1n) is 7.83. The number of rotatable bonds is 15. The van der Waals surface area contributed by atoms with E-state index in [0.29, 0.717) is 9.67 Å². The molecule has 0 rings (SSSR count). The topological polar surface area (TPSA) is 77.8 Å². The Morgan fingerprint density at radius 2 is 1.12 bits per heavy atom. The van der Waals surface area contributed by atoms with Crippen LogP contribution in [-0.2, 0) is 4.79 Å². The second kappa shape index (κ2) is 31.9. The summed E-state index contributed by atoms with van der Waals surface area (Å²) in [5.74, 6) is 7.39. The van der Waals surface area contributed by atoms with Gasteiger partial charge in [0.05, 0.1) is 23.5 Å². The standard InChI is InChI=1S/C7H16S6.C4H10O2S.C3H6O2S/c8-1-4-11-7(12-5-2-9)13-6-3-10;5-1-3-7-4-2-6;4-3(5)1-2-6/h7-10H,1-6H2;5-6H,1-4H2;6H,1-2H2,(H,4,5). The molecule has 0 atom stereocenters. The predicted molar refractivity (Wildman–Crippen MR) is 140 cm³/mol. The van der Waals surface area contributed by atoms with Crippen LogP contribution in [0.15, 0.2) is 0 Å². The number of thiol groups is 4. The molecule has 0 spiro atoms. The molecule has 0 aromatic heterocycles. The Labute approximate surface area is 197 Å². The van der Waals surface area contributed by atoms with Crippen molar-refractivity contribution >= 4 is 104 Å². The summed E-state index contributed by atoms with van der Waals surface area (Å²) in [7, 11) is 0. The van der Waals surface area contributed by atoms with Gasteiger partial charge >= 0.3 is 5.97 Å². The summed E-state index contributed by atoms with van der Waals surface area (Å²) in [4.78, 5) is 9.55. The maximum absolute atomic E-state index is 9.55. The SMILES string of the molecule is O=C(O)CCS.OCCSCCO.SCCSC(SCCS)SCCS. The van der Waals surface area contributed by atoms with Crippen molar-refractivity contribution in [1.82, 2.24) is 0 Å². The van der Waals surface area contributed by atoms with Gasteiger partial charge in [0.1, 0.15) is 0 Å². The van der Waals surface area contributed by atoms with Crippen molar-refractivity contribution in [3.63, 3.8) is 0 Å². The molecule has 4 nitrogen and oxygen atoms in total. The van der Waals surface area contributed by atoms with Gasteiger partial charge in [0.25, 0.3) is 0 Å². The fourth-order valence-electron chi connectivity index (χ4n) is 0.918. The first kappa shape index (κ1) is 32.8. The summed E-state index contributed by atoms with van der Waals surface area (Å²) in [6, 6.07) is 0. The van der Waals surface area contributed by atoms with E-state index < -0.39 is 5.97 Å². The van der Waals surface area contributed by atoms with E-state index in [1.807, 2.05) is 35.3 Å². The lowest BCUT2D eigenvalue weighted by Gasteiger charge is -2.13. The van der Waals surface area contributed by atoms with Crippen LogP contribution < -0.4 is 0 Å². The summed E-state index contributed by atoms with van der Waals surface area (Å²) in [5.41, 5.74) is 0. The second-order valence-corrected chi connectivity index (χ2v) is 11.5. The molecule has 0 amide bonds. The molecule has 0 aromatic carbocycles. The first-order valence-corrected chi connectivity index (χ1v) is 14.7. The third-order valence-corrected chi connectivity index (χ3v) is 9.16. The smallest absolute Gasteiger partial charge is 0.304 e. The highest BCUT2D eigenvalue weighted by Gasteiger charge is 2.08. The fraction of sp³-hybridized carbons (Fsp3) is 0.929. The van der Waals surface area contributed by atoms with Crippen LogP contribution in [0.2, 0.25) is 0 Å². The van der Waals surface area contributed by atoms with Gasteiger partial charge < -0.3 is 15.3 Å². The Morgan fingerprint density at radius 1 is 0.731 bits per heavy atom. The van der Waals surface area contributed by atoms with Gasteiger partial charge in [-0.05, 0) is 17.3 Å². The molecular weight excluding hydrogens is 489 g/mol. The highest BCUT2D eigenvalue weighted by molar-refractivity contribution is 8.32. The van der Waals surface area contributed by atoms with Crippen LogP contribution in [0, 0.1) is 0 Å². The molecule has 26 heavy (non-hydrogen) atoms. The van der Waals surface area contributed by atoms with Crippen molar-refractivity contribution in [1.29, 1.82) is 0 Å². The summed E-state index contributed by atoms with van der Waals surface area (Å²) >= 11 is 23.8. The van der Waals surface area contributed by atoms with E-state index in [4.69, 9.17) is 15.3 Å². The van der Waals surface area contributed by atoms with Crippen molar-refractivity contribution in [3.8, 4) is 0 Å². The normalized spacial score (nSPS) is 9.96. The summed E-state index contributed by atoms with van der Waals surface area (Å²) in [6.07, 6.45) is 0.156. The molecule has 0 radical (unpaired) electrons. The van der Waals surface area contributed by atoms with E-state index in [9.17, 15) is 4.79 Å². The van der Waals surface area contributed by atoms with E-state index in [2.05, 4.69) is 50.5 Å². The van der Waals surface area contributed by atoms with Gasteiger partial charge in [-0.25, -0.2) is 0 Å². The van der Waals surface area contributed by atoms with Gasteiger partial charge in [-0.15, -0.1) is 35.3 Å². The van der Waals surface area contributed by atoms with Gasteiger partial charge in [0.15, 0.2) is 0 Å². The Kier molecular flexibility index (Phi) is 40.3. The summed E-state index contributed by atoms with van der Waals surface area (Å²) in [6.45, 7) is 0.426. The van der Waals surface area contributed by atoms with E-state index in [0.717, 1.165) is 46.0 Å². The third-order valence-electron chi connectivity index (χ3n) is 1.83. The van der Waals surface area contributed by atoms with Gasteiger partial charge in [-0.3, -0.25) is 4.79 Å². The minimum Gasteiger partial charge on any atom is -0.481 e. The fourth-order valence-corrected chi connectivity index (χ4v) is 6.30. The number of carboxylic acids is 1. The van der Waals surface area contributed by atoms with Crippen LogP contribution in [0.5, 0.6) is 0 Å². The highest BCUT2D eigenvalue weighted by Crippen LogP contribution is 2.33. The Hall–Kier alpha value is 2.19. The van der Waals surface area contributed by atoms with Gasteiger partial charge in [-0.1, -0.05) is 0 Å². The zero-order valence-electron chi connectivity index (χ0n) is 14.7. The van der Waals surface area contributed by atoms with Crippen molar-refractivity contribution in [2.75, 3.05) is 65.0 Å².